The Morgan fingerprint density at radius 3 is 2.25 bits per heavy atom. The Bertz CT molecular complexity index is 1170. The molecule has 2 aliphatic heterocycles. The zero-order chi connectivity index (χ0) is 29.1. The summed E-state index contributed by atoms with van der Waals surface area (Å²) in [5, 5.41) is 9.88. The summed E-state index contributed by atoms with van der Waals surface area (Å²) in [5.74, 6) is 1.30. The second-order valence-corrected chi connectivity index (χ2v) is 13.2. The van der Waals surface area contributed by atoms with E-state index in [-0.39, 0.29) is 17.0 Å². The fourth-order valence-corrected chi connectivity index (χ4v) is 7.17. The molecule has 0 aromatic carbocycles. The van der Waals surface area contributed by atoms with Crippen molar-refractivity contribution in [3.63, 3.8) is 0 Å². The minimum atomic E-state index is -0.235. The Morgan fingerprint density at radius 1 is 1.00 bits per heavy atom. The summed E-state index contributed by atoms with van der Waals surface area (Å²) in [6.07, 6.45) is 17.4. The molecule has 3 heterocycles. The number of thioether (sulfide) groups is 1. The number of carbonyl (C=O) groups is 1. The molecule has 2 saturated heterocycles. The first-order valence-corrected chi connectivity index (χ1v) is 16.7. The number of nitrogens with zero attached hydrogens (tertiary/aromatic N) is 4. The van der Waals surface area contributed by atoms with Crippen LogP contribution < -0.4 is 10.5 Å². The van der Waals surface area contributed by atoms with Crippen LogP contribution in [-0.4, -0.2) is 39.3 Å². The first-order valence-electron chi connectivity index (χ1n) is 15.5. The highest BCUT2D eigenvalue weighted by molar-refractivity contribution is 8.26. The summed E-state index contributed by atoms with van der Waals surface area (Å²) in [6.45, 7) is 11.3. The molecule has 40 heavy (non-hydrogen) atoms. The molecule has 0 N–H and O–H groups in total. The molecule has 0 aliphatic carbocycles. The second-order valence-electron chi connectivity index (χ2n) is 11.5. The second kappa shape index (κ2) is 16.4. The maximum Gasteiger partial charge on any atom is 0.270 e. The molecule has 220 valence electrons. The largest absolute Gasteiger partial charge is 0.357 e. The predicted octanol–water partition coefficient (Wildman–Crippen LogP) is 7.80. The zero-order valence-electron chi connectivity index (χ0n) is 25.1. The lowest BCUT2D eigenvalue weighted by Crippen LogP contribution is -2.40. The molecular weight excluding hydrogens is 537 g/mol. The minimum absolute atomic E-state index is 0.0602. The van der Waals surface area contributed by atoms with Crippen LogP contribution in [-0.2, 0) is 11.3 Å². The Balaban J connectivity index is 1.77. The summed E-state index contributed by atoms with van der Waals surface area (Å²) in [6, 6.07) is 2.15. The molecule has 0 bridgehead atoms. The third-order valence-corrected chi connectivity index (χ3v) is 9.51. The van der Waals surface area contributed by atoms with E-state index >= 15 is 0 Å². The first kappa shape index (κ1) is 32.4. The summed E-state index contributed by atoms with van der Waals surface area (Å²) < 4.78 is 2.36. The zero-order valence-corrected chi connectivity index (χ0v) is 26.7. The van der Waals surface area contributed by atoms with Crippen LogP contribution in [0.25, 0.3) is 6.08 Å². The molecule has 0 saturated carbocycles. The minimum Gasteiger partial charge on any atom is -0.357 e. The number of amides is 1. The molecule has 1 aromatic rings. The van der Waals surface area contributed by atoms with Crippen LogP contribution in [0.3, 0.4) is 0 Å². The number of anilines is 1. The van der Waals surface area contributed by atoms with Crippen LogP contribution in [0.1, 0.15) is 121 Å². The van der Waals surface area contributed by atoms with Crippen molar-refractivity contribution in [2.75, 3.05) is 24.5 Å². The van der Waals surface area contributed by atoms with Crippen molar-refractivity contribution in [3.05, 3.63) is 31.9 Å². The molecule has 2 aliphatic rings. The number of aromatic nitrogens is 1. The van der Waals surface area contributed by atoms with E-state index in [1.165, 1.54) is 63.1 Å². The van der Waals surface area contributed by atoms with Crippen LogP contribution in [0.15, 0.2) is 9.70 Å². The van der Waals surface area contributed by atoms with Gasteiger partial charge in [-0.25, -0.2) is 0 Å². The van der Waals surface area contributed by atoms with E-state index in [0.717, 1.165) is 56.6 Å². The van der Waals surface area contributed by atoms with Crippen molar-refractivity contribution in [2.24, 2.45) is 5.92 Å². The quantitative estimate of drug-likeness (QED) is 0.119. The Labute approximate surface area is 251 Å². The van der Waals surface area contributed by atoms with Crippen molar-refractivity contribution < 1.29 is 4.79 Å². The molecule has 1 atom stereocenters. The van der Waals surface area contributed by atoms with E-state index < -0.39 is 0 Å². The Morgan fingerprint density at radius 2 is 1.65 bits per heavy atom. The van der Waals surface area contributed by atoms with E-state index in [4.69, 9.17) is 12.2 Å². The Hall–Kier alpha value is -2.11. The van der Waals surface area contributed by atoms with Crippen LogP contribution in [0.4, 0.5) is 5.82 Å². The molecular formula is C32H48N4O2S2. The van der Waals surface area contributed by atoms with Gasteiger partial charge in [0.1, 0.15) is 21.8 Å². The number of piperidine rings is 1. The highest BCUT2D eigenvalue weighted by Gasteiger charge is 2.33. The number of hydrogen-bond donors (Lipinski definition) is 0. The van der Waals surface area contributed by atoms with Gasteiger partial charge in [0, 0.05) is 31.7 Å². The van der Waals surface area contributed by atoms with Crippen LogP contribution in [0.2, 0.25) is 0 Å². The highest BCUT2D eigenvalue weighted by Crippen LogP contribution is 2.37. The SMILES string of the molecule is CCCCCCCCCCCCN1C(=O)/C(=C\c2c(C)c(C#N)c(=O)n(CCC)c2N2CCCC(C)C2)SC1=S. The maximum absolute atomic E-state index is 13.5. The molecule has 1 aromatic heterocycles. The van der Waals surface area contributed by atoms with Crippen molar-refractivity contribution in [1.29, 1.82) is 5.26 Å². The maximum atomic E-state index is 13.5. The van der Waals surface area contributed by atoms with E-state index in [0.29, 0.717) is 33.8 Å². The van der Waals surface area contributed by atoms with Gasteiger partial charge in [0.05, 0.1) is 4.91 Å². The normalized spacial score (nSPS) is 18.7. The van der Waals surface area contributed by atoms with Gasteiger partial charge in [0.15, 0.2) is 0 Å². The number of unbranched alkanes of at least 4 members (excludes halogenated alkanes) is 9. The van der Waals surface area contributed by atoms with Gasteiger partial charge in [-0.15, -0.1) is 0 Å². The van der Waals surface area contributed by atoms with Gasteiger partial charge in [-0.3, -0.25) is 19.1 Å². The highest BCUT2D eigenvalue weighted by atomic mass is 32.2. The van der Waals surface area contributed by atoms with Gasteiger partial charge in [0.2, 0.25) is 0 Å². The number of carbonyl (C=O) groups excluding carboxylic acids is 1. The molecule has 2 fully saturated rings. The predicted molar refractivity (Wildman–Crippen MR) is 173 cm³/mol. The van der Waals surface area contributed by atoms with Crippen LogP contribution >= 0.6 is 24.0 Å². The molecule has 0 spiro atoms. The average Bonchev–Trinajstić information content (AvgIpc) is 3.20. The third kappa shape index (κ3) is 8.22. The standard InChI is InChI=1S/C32H48N4O2S2/c1-5-7-8-9-10-11-12-13-14-15-20-36-31(38)28(40-32(36)39)21-26-25(4)27(22-33)30(37)35(18-6-2)29(26)34-19-16-17-24(3)23-34/h21,24H,5-20,23H2,1-4H3/b28-21+. The van der Waals surface area contributed by atoms with E-state index in [1.807, 2.05) is 19.9 Å². The number of pyridine rings is 1. The molecule has 6 nitrogen and oxygen atoms in total. The van der Waals surface area contributed by atoms with Gasteiger partial charge < -0.3 is 4.90 Å². The smallest absolute Gasteiger partial charge is 0.270 e. The number of thiocarbonyl (C=S) groups is 1. The van der Waals surface area contributed by atoms with Gasteiger partial charge >= 0.3 is 0 Å². The Kier molecular flexibility index (Phi) is 13.3. The molecule has 1 amide bonds. The van der Waals surface area contributed by atoms with Gasteiger partial charge in [-0.1, -0.05) is 103 Å². The summed E-state index contributed by atoms with van der Waals surface area (Å²) in [4.78, 5) is 31.5. The lowest BCUT2D eigenvalue weighted by molar-refractivity contribution is -0.122. The molecule has 3 rings (SSSR count). The first-order chi connectivity index (χ1) is 19.3. The summed E-state index contributed by atoms with van der Waals surface area (Å²) in [5.41, 5.74) is 1.38. The van der Waals surface area contributed by atoms with Crippen molar-refractivity contribution >= 4 is 46.1 Å². The molecule has 1 unspecified atom stereocenters. The van der Waals surface area contributed by atoms with E-state index in [2.05, 4.69) is 24.8 Å². The summed E-state index contributed by atoms with van der Waals surface area (Å²) >= 11 is 6.97. The van der Waals surface area contributed by atoms with Crippen LogP contribution in [0.5, 0.6) is 0 Å². The van der Waals surface area contributed by atoms with Gasteiger partial charge in [0.25, 0.3) is 11.5 Å². The number of hydrogen-bond acceptors (Lipinski definition) is 6. The summed E-state index contributed by atoms with van der Waals surface area (Å²) in [7, 11) is 0. The fraction of sp³-hybridized carbons (Fsp3) is 0.688. The van der Waals surface area contributed by atoms with Crippen molar-refractivity contribution in [1.82, 2.24) is 9.47 Å². The van der Waals surface area contributed by atoms with Crippen LogP contribution in [0, 0.1) is 24.2 Å². The number of nitriles is 1. The van der Waals surface area contributed by atoms with Gasteiger partial charge in [-0.05, 0) is 50.2 Å². The number of rotatable bonds is 15. The third-order valence-electron chi connectivity index (χ3n) is 8.13. The molecule has 8 heteroatoms. The topological polar surface area (TPSA) is 69.3 Å². The molecule has 0 radical (unpaired) electrons. The van der Waals surface area contributed by atoms with Crippen molar-refractivity contribution in [2.45, 2.75) is 118 Å². The van der Waals surface area contributed by atoms with E-state index in [9.17, 15) is 14.9 Å². The van der Waals surface area contributed by atoms with Crippen molar-refractivity contribution in [3.8, 4) is 6.07 Å². The monoisotopic (exact) mass is 584 g/mol. The lowest BCUT2D eigenvalue weighted by atomic mass is 9.98. The average molecular weight is 585 g/mol. The van der Waals surface area contributed by atoms with Gasteiger partial charge in [-0.2, -0.15) is 5.26 Å². The fourth-order valence-electron chi connectivity index (χ4n) is 5.88. The lowest BCUT2D eigenvalue weighted by Gasteiger charge is -2.36. The van der Waals surface area contributed by atoms with E-state index in [1.54, 1.807) is 9.47 Å².